The molecule has 0 saturated carbocycles. The molecule has 20 heavy (non-hydrogen) atoms. The molecule has 1 aromatic carbocycles. The van der Waals surface area contributed by atoms with Gasteiger partial charge in [-0.2, -0.15) is 5.10 Å². The fourth-order valence-electron chi connectivity index (χ4n) is 1.79. The molecule has 3 N–H and O–H groups in total. The van der Waals surface area contributed by atoms with Gasteiger partial charge < -0.3 is 10.5 Å². The van der Waals surface area contributed by atoms with E-state index >= 15 is 0 Å². The van der Waals surface area contributed by atoms with E-state index in [-0.39, 0.29) is 10.7 Å². The van der Waals surface area contributed by atoms with Crippen molar-refractivity contribution in [3.05, 3.63) is 36.0 Å². The van der Waals surface area contributed by atoms with Gasteiger partial charge in [0.25, 0.3) is 10.0 Å². The predicted molar refractivity (Wildman–Crippen MR) is 75.6 cm³/mol. The number of nitrogens with two attached hydrogens (primary N) is 1. The lowest BCUT2D eigenvalue weighted by molar-refractivity contribution is 0.185. The van der Waals surface area contributed by atoms with Crippen molar-refractivity contribution >= 4 is 21.5 Å². The molecule has 2 rings (SSSR count). The Hall–Kier alpha value is -2.06. The first-order valence-corrected chi connectivity index (χ1v) is 7.30. The van der Waals surface area contributed by atoms with Crippen LogP contribution in [-0.2, 0) is 28.4 Å². The number of anilines is 2. The molecule has 7 nitrogen and oxygen atoms in total. The zero-order chi connectivity index (χ0) is 14.8. The maximum Gasteiger partial charge on any atom is 0.267 e. The van der Waals surface area contributed by atoms with E-state index < -0.39 is 10.0 Å². The van der Waals surface area contributed by atoms with Gasteiger partial charge >= 0.3 is 0 Å². The monoisotopic (exact) mass is 296 g/mol. The number of sulfonamides is 1. The van der Waals surface area contributed by atoms with Crippen LogP contribution in [0.15, 0.2) is 35.4 Å². The minimum atomic E-state index is -3.75. The molecule has 1 aromatic heterocycles. The zero-order valence-corrected chi connectivity index (χ0v) is 12.0. The number of hydrogen-bond donors (Lipinski definition) is 2. The highest BCUT2D eigenvalue weighted by Gasteiger charge is 2.20. The highest BCUT2D eigenvalue weighted by molar-refractivity contribution is 7.92. The molecular formula is C12H16N4O3S. The third-order valence-corrected chi connectivity index (χ3v) is 4.00. The second kappa shape index (κ2) is 5.51. The third kappa shape index (κ3) is 3.09. The highest BCUT2D eigenvalue weighted by Crippen LogP contribution is 2.20. The second-order valence-corrected chi connectivity index (χ2v) is 5.94. The van der Waals surface area contributed by atoms with Crippen LogP contribution in [0.3, 0.4) is 0 Å². The summed E-state index contributed by atoms with van der Waals surface area (Å²) in [5.74, 6) is -0.0342. The summed E-state index contributed by atoms with van der Waals surface area (Å²) in [4.78, 5) is -0.0443. The first-order chi connectivity index (χ1) is 9.42. The van der Waals surface area contributed by atoms with E-state index in [1.54, 1.807) is 32.4 Å². The molecule has 0 atom stereocenters. The van der Waals surface area contributed by atoms with Gasteiger partial charge in [-0.3, -0.25) is 9.40 Å². The van der Waals surface area contributed by atoms with Crippen LogP contribution in [0, 0.1) is 0 Å². The van der Waals surface area contributed by atoms with E-state index in [0.29, 0.717) is 12.3 Å². The number of benzene rings is 1. The fraction of sp³-hybridized carbons (Fsp3) is 0.250. The molecule has 0 fully saturated rings. The second-order valence-electron chi connectivity index (χ2n) is 4.29. The lowest BCUT2D eigenvalue weighted by Crippen LogP contribution is -2.14. The Morgan fingerprint density at radius 1 is 1.45 bits per heavy atom. The summed E-state index contributed by atoms with van der Waals surface area (Å²) in [6.45, 7) is 0.407. The minimum Gasteiger partial charge on any atom is -0.381 e. The van der Waals surface area contributed by atoms with E-state index in [0.717, 1.165) is 5.56 Å². The molecule has 0 radical (unpaired) electrons. The van der Waals surface area contributed by atoms with E-state index in [1.807, 2.05) is 6.07 Å². The molecular weight excluding hydrogens is 280 g/mol. The van der Waals surface area contributed by atoms with Crippen LogP contribution in [-0.4, -0.2) is 25.3 Å². The van der Waals surface area contributed by atoms with E-state index in [2.05, 4.69) is 9.82 Å². The average molecular weight is 296 g/mol. The molecule has 0 spiro atoms. The molecule has 0 unspecified atom stereocenters. The normalized spacial score (nSPS) is 11.5. The van der Waals surface area contributed by atoms with Crippen molar-refractivity contribution in [1.29, 1.82) is 0 Å². The fourth-order valence-corrected chi connectivity index (χ4v) is 2.95. The van der Waals surface area contributed by atoms with Crippen LogP contribution in [0.1, 0.15) is 5.56 Å². The summed E-state index contributed by atoms with van der Waals surface area (Å²) in [5, 5.41) is 3.82. The summed E-state index contributed by atoms with van der Waals surface area (Å²) in [7, 11) is -0.572. The maximum absolute atomic E-state index is 12.2. The van der Waals surface area contributed by atoms with E-state index in [4.69, 9.17) is 10.5 Å². The molecule has 1 heterocycles. The van der Waals surface area contributed by atoms with Crippen LogP contribution in [0.5, 0.6) is 0 Å². The highest BCUT2D eigenvalue weighted by atomic mass is 32.2. The molecule has 2 aromatic rings. The van der Waals surface area contributed by atoms with Gasteiger partial charge in [0.1, 0.15) is 4.90 Å². The van der Waals surface area contributed by atoms with Crippen molar-refractivity contribution in [2.45, 2.75) is 11.5 Å². The van der Waals surface area contributed by atoms with Crippen molar-refractivity contribution in [2.75, 3.05) is 17.6 Å². The van der Waals surface area contributed by atoms with Crippen molar-refractivity contribution in [3.8, 4) is 0 Å². The number of methoxy groups -OCH3 is 1. The van der Waals surface area contributed by atoms with Crippen molar-refractivity contribution < 1.29 is 13.2 Å². The van der Waals surface area contributed by atoms with Gasteiger partial charge in [0.15, 0.2) is 5.82 Å². The van der Waals surface area contributed by atoms with Crippen molar-refractivity contribution in [2.24, 2.45) is 7.05 Å². The van der Waals surface area contributed by atoms with Gasteiger partial charge in [0.2, 0.25) is 0 Å². The van der Waals surface area contributed by atoms with Crippen molar-refractivity contribution in [3.63, 3.8) is 0 Å². The van der Waals surface area contributed by atoms with Gasteiger partial charge in [-0.1, -0.05) is 12.1 Å². The first-order valence-electron chi connectivity index (χ1n) is 5.82. The maximum atomic E-state index is 12.2. The van der Waals surface area contributed by atoms with Crippen LogP contribution < -0.4 is 10.5 Å². The Balaban J connectivity index is 2.28. The molecule has 0 amide bonds. The molecule has 0 aliphatic carbocycles. The van der Waals surface area contributed by atoms with Gasteiger partial charge in [-0.25, -0.2) is 8.42 Å². The predicted octanol–water partition coefficient (Wildman–Crippen LogP) is 0.950. The number of aryl methyl sites for hydroxylation is 1. The number of nitrogens with one attached hydrogen (secondary N) is 1. The molecule has 0 bridgehead atoms. The summed E-state index contributed by atoms with van der Waals surface area (Å²) >= 11 is 0. The quantitative estimate of drug-likeness (QED) is 0.855. The summed E-state index contributed by atoms with van der Waals surface area (Å²) in [6, 6.07) is 6.95. The molecule has 0 saturated heterocycles. The number of aromatic nitrogens is 2. The lowest BCUT2D eigenvalue weighted by atomic mass is 10.2. The van der Waals surface area contributed by atoms with Crippen molar-refractivity contribution in [1.82, 2.24) is 9.78 Å². The zero-order valence-electron chi connectivity index (χ0n) is 11.2. The van der Waals surface area contributed by atoms with Gasteiger partial charge in [-0.05, 0) is 17.7 Å². The summed E-state index contributed by atoms with van der Waals surface area (Å²) in [6.07, 6.45) is 1.36. The largest absolute Gasteiger partial charge is 0.381 e. The number of ether oxygens (including phenoxy) is 1. The smallest absolute Gasteiger partial charge is 0.267 e. The first kappa shape index (κ1) is 14.4. The summed E-state index contributed by atoms with van der Waals surface area (Å²) in [5.41, 5.74) is 6.90. The standard InChI is InChI=1S/C12H16N4O3S/c1-16-7-11(12(13)14-16)20(17,18)15-10-5-3-4-9(6-10)8-19-2/h3-7,15H,8H2,1-2H3,(H2,13,14). The Labute approximate surface area is 117 Å². The molecule has 0 aliphatic heterocycles. The average Bonchev–Trinajstić information content (AvgIpc) is 2.69. The number of rotatable bonds is 5. The Morgan fingerprint density at radius 3 is 2.80 bits per heavy atom. The number of nitrogens with zero attached hydrogens (tertiary/aromatic N) is 2. The van der Waals surface area contributed by atoms with Crippen LogP contribution in [0.4, 0.5) is 11.5 Å². The van der Waals surface area contributed by atoms with E-state index in [9.17, 15) is 8.42 Å². The van der Waals surface area contributed by atoms with Crippen LogP contribution in [0.2, 0.25) is 0 Å². The summed E-state index contributed by atoms with van der Waals surface area (Å²) < 4.78 is 33.3. The number of nitrogen functional groups attached to an aromatic ring is 1. The topological polar surface area (TPSA) is 99.2 Å². The van der Waals surface area contributed by atoms with Gasteiger partial charge in [-0.15, -0.1) is 0 Å². The third-order valence-electron chi connectivity index (χ3n) is 2.60. The van der Waals surface area contributed by atoms with Crippen LogP contribution in [0.25, 0.3) is 0 Å². The Morgan fingerprint density at radius 2 is 2.20 bits per heavy atom. The Bertz CT molecular complexity index is 709. The molecule has 8 heteroatoms. The molecule has 108 valence electrons. The lowest BCUT2D eigenvalue weighted by Gasteiger charge is -2.08. The van der Waals surface area contributed by atoms with E-state index in [1.165, 1.54) is 10.9 Å². The molecule has 0 aliphatic rings. The van der Waals surface area contributed by atoms with Crippen LogP contribution >= 0.6 is 0 Å². The Kier molecular flexibility index (Phi) is 3.96. The van der Waals surface area contributed by atoms with Gasteiger partial charge in [0, 0.05) is 26.0 Å². The number of hydrogen-bond acceptors (Lipinski definition) is 5. The minimum absolute atomic E-state index is 0.0342. The van der Waals surface area contributed by atoms with Gasteiger partial charge in [0.05, 0.1) is 6.61 Å². The SMILES string of the molecule is COCc1cccc(NS(=O)(=O)c2cn(C)nc2N)c1.